The van der Waals surface area contributed by atoms with Gasteiger partial charge in [0.2, 0.25) is 0 Å². The molecule has 6 heteroatoms. The van der Waals surface area contributed by atoms with E-state index in [4.69, 9.17) is 4.74 Å². The fourth-order valence-corrected chi connectivity index (χ4v) is 2.62. The molecule has 4 nitrogen and oxygen atoms in total. The number of carboxylic acids is 1. The predicted molar refractivity (Wildman–Crippen MR) is 68.5 cm³/mol. The Kier molecular flexibility index (Phi) is 4.67. The molecule has 1 aliphatic heterocycles. The number of methoxy groups -OCH3 is 1. The normalized spacial score (nSPS) is 23.1. The minimum atomic E-state index is -0.943. The summed E-state index contributed by atoms with van der Waals surface area (Å²) in [5.41, 5.74) is 0.524. The van der Waals surface area contributed by atoms with Gasteiger partial charge < -0.3 is 9.84 Å². The van der Waals surface area contributed by atoms with Gasteiger partial charge in [0.05, 0.1) is 12.5 Å². The number of ether oxygens (including phenoxy) is 1. The van der Waals surface area contributed by atoms with Crippen molar-refractivity contribution in [2.24, 2.45) is 5.92 Å². The first kappa shape index (κ1) is 14.9. The Morgan fingerprint density at radius 2 is 2.15 bits per heavy atom. The molecule has 20 heavy (non-hydrogen) atoms. The van der Waals surface area contributed by atoms with Crippen LogP contribution in [0.15, 0.2) is 18.2 Å². The summed E-state index contributed by atoms with van der Waals surface area (Å²) in [6.07, 6.45) is 0. The Labute approximate surface area is 116 Å². The number of benzene rings is 1. The van der Waals surface area contributed by atoms with Crippen molar-refractivity contribution in [2.45, 2.75) is 5.92 Å². The van der Waals surface area contributed by atoms with Gasteiger partial charge in [0.1, 0.15) is 0 Å². The van der Waals surface area contributed by atoms with Crippen molar-refractivity contribution in [1.29, 1.82) is 0 Å². The lowest BCUT2D eigenvalue weighted by molar-refractivity contribution is -0.141. The molecule has 1 N–H and O–H groups in total. The SMILES string of the molecule is COCCN1C[C@@H](C(=O)O)[C@H](c2ccc(F)c(F)c2)C1. The third-order valence-electron chi connectivity index (χ3n) is 3.70. The smallest absolute Gasteiger partial charge is 0.308 e. The fraction of sp³-hybridized carbons (Fsp3) is 0.500. The maximum Gasteiger partial charge on any atom is 0.308 e. The molecule has 2 atom stereocenters. The van der Waals surface area contributed by atoms with E-state index in [1.165, 1.54) is 6.07 Å². The van der Waals surface area contributed by atoms with Crippen LogP contribution in [0.3, 0.4) is 0 Å². The molecule has 0 spiro atoms. The number of nitrogens with zero attached hydrogens (tertiary/aromatic N) is 1. The Balaban J connectivity index is 2.18. The highest BCUT2D eigenvalue weighted by atomic mass is 19.2. The monoisotopic (exact) mass is 285 g/mol. The Morgan fingerprint density at radius 1 is 1.40 bits per heavy atom. The highest BCUT2D eigenvalue weighted by Crippen LogP contribution is 2.33. The van der Waals surface area contributed by atoms with Crippen LogP contribution in [-0.4, -0.2) is 49.3 Å². The van der Waals surface area contributed by atoms with Crippen LogP contribution in [0.5, 0.6) is 0 Å². The highest BCUT2D eigenvalue weighted by Gasteiger charge is 2.38. The van der Waals surface area contributed by atoms with Crippen molar-refractivity contribution in [1.82, 2.24) is 4.90 Å². The second-order valence-electron chi connectivity index (χ2n) is 4.98. The van der Waals surface area contributed by atoms with E-state index in [1.807, 2.05) is 4.90 Å². The molecule has 0 aliphatic carbocycles. The van der Waals surface area contributed by atoms with Crippen LogP contribution >= 0.6 is 0 Å². The van der Waals surface area contributed by atoms with E-state index in [2.05, 4.69) is 0 Å². The Bertz CT molecular complexity index is 495. The molecule has 110 valence electrons. The number of hydrogen-bond donors (Lipinski definition) is 1. The van der Waals surface area contributed by atoms with Crippen molar-refractivity contribution >= 4 is 5.97 Å². The molecule has 1 heterocycles. The number of rotatable bonds is 5. The number of carboxylic acid groups (broad SMARTS) is 1. The third-order valence-corrected chi connectivity index (χ3v) is 3.70. The predicted octanol–water partition coefficient (Wildman–Crippen LogP) is 1.71. The zero-order chi connectivity index (χ0) is 14.7. The van der Waals surface area contributed by atoms with Crippen molar-refractivity contribution in [3.8, 4) is 0 Å². The molecule has 0 unspecified atom stereocenters. The summed E-state index contributed by atoms with van der Waals surface area (Å²) in [6, 6.07) is 3.59. The summed E-state index contributed by atoms with van der Waals surface area (Å²) in [4.78, 5) is 13.3. The van der Waals surface area contributed by atoms with E-state index in [-0.39, 0.29) is 5.92 Å². The van der Waals surface area contributed by atoms with Crippen molar-refractivity contribution in [3.63, 3.8) is 0 Å². The third kappa shape index (κ3) is 3.13. The molecule has 0 amide bonds. The molecule has 0 bridgehead atoms. The van der Waals surface area contributed by atoms with Gasteiger partial charge in [-0.25, -0.2) is 8.78 Å². The van der Waals surface area contributed by atoms with Crippen LogP contribution in [0.1, 0.15) is 11.5 Å². The minimum absolute atomic E-state index is 0.334. The standard InChI is InChI=1S/C14H17F2NO3/c1-20-5-4-17-7-10(11(8-17)14(18)19)9-2-3-12(15)13(16)6-9/h2-3,6,10-11H,4-5,7-8H2,1H3,(H,18,19)/t10-,11+/m0/s1. The summed E-state index contributed by atoms with van der Waals surface area (Å²) in [6.45, 7) is 2.03. The van der Waals surface area contributed by atoms with Crippen LogP contribution in [0.25, 0.3) is 0 Å². The molecular formula is C14H17F2NO3. The minimum Gasteiger partial charge on any atom is -0.481 e. The molecule has 1 aliphatic rings. The lowest BCUT2D eigenvalue weighted by Crippen LogP contribution is -2.26. The summed E-state index contributed by atoms with van der Waals surface area (Å²) >= 11 is 0. The van der Waals surface area contributed by atoms with Gasteiger partial charge in [-0.3, -0.25) is 9.69 Å². The quantitative estimate of drug-likeness (QED) is 0.895. The van der Waals surface area contributed by atoms with Crippen LogP contribution < -0.4 is 0 Å². The molecule has 2 rings (SSSR count). The topological polar surface area (TPSA) is 49.8 Å². The summed E-state index contributed by atoms with van der Waals surface area (Å²) in [7, 11) is 1.58. The zero-order valence-corrected chi connectivity index (χ0v) is 11.2. The van der Waals surface area contributed by atoms with Gasteiger partial charge in [0.25, 0.3) is 0 Å². The number of likely N-dealkylation sites (tertiary alicyclic amines) is 1. The van der Waals surface area contributed by atoms with Crippen molar-refractivity contribution < 1.29 is 23.4 Å². The first-order chi connectivity index (χ1) is 9.52. The van der Waals surface area contributed by atoms with Crippen LogP contribution in [0, 0.1) is 17.6 Å². The van der Waals surface area contributed by atoms with E-state index < -0.39 is 23.5 Å². The highest BCUT2D eigenvalue weighted by molar-refractivity contribution is 5.72. The van der Waals surface area contributed by atoms with Crippen LogP contribution in [-0.2, 0) is 9.53 Å². The molecular weight excluding hydrogens is 268 g/mol. The lowest BCUT2D eigenvalue weighted by atomic mass is 9.89. The van der Waals surface area contributed by atoms with Gasteiger partial charge in [-0.1, -0.05) is 6.07 Å². The average Bonchev–Trinajstić information content (AvgIpc) is 2.84. The van der Waals surface area contributed by atoms with E-state index in [0.717, 1.165) is 12.1 Å². The number of aliphatic carboxylic acids is 1. The maximum absolute atomic E-state index is 13.3. The summed E-state index contributed by atoms with van der Waals surface area (Å²) in [5, 5.41) is 9.29. The molecule has 1 aromatic rings. The molecule has 1 saturated heterocycles. The van der Waals surface area contributed by atoms with Gasteiger partial charge in [0.15, 0.2) is 11.6 Å². The van der Waals surface area contributed by atoms with E-state index in [0.29, 0.717) is 31.8 Å². The van der Waals surface area contributed by atoms with Crippen LogP contribution in [0.4, 0.5) is 8.78 Å². The Hall–Kier alpha value is -1.53. The molecule has 0 aromatic heterocycles. The first-order valence-electron chi connectivity index (χ1n) is 6.42. The van der Waals surface area contributed by atoms with Gasteiger partial charge in [0, 0.05) is 32.7 Å². The number of halogens is 2. The van der Waals surface area contributed by atoms with Gasteiger partial charge in [-0.2, -0.15) is 0 Å². The Morgan fingerprint density at radius 3 is 2.75 bits per heavy atom. The molecule has 0 radical (unpaired) electrons. The summed E-state index contributed by atoms with van der Waals surface area (Å²) in [5.74, 6) is -3.73. The lowest BCUT2D eigenvalue weighted by Gasteiger charge is -2.16. The van der Waals surface area contributed by atoms with E-state index >= 15 is 0 Å². The largest absolute Gasteiger partial charge is 0.481 e. The zero-order valence-electron chi connectivity index (χ0n) is 11.2. The molecule has 1 aromatic carbocycles. The summed E-state index contributed by atoms with van der Waals surface area (Å²) < 4.78 is 31.2. The number of hydrogen-bond acceptors (Lipinski definition) is 3. The second kappa shape index (κ2) is 6.28. The fourth-order valence-electron chi connectivity index (χ4n) is 2.62. The van der Waals surface area contributed by atoms with Crippen molar-refractivity contribution in [2.75, 3.05) is 33.4 Å². The molecule has 1 fully saturated rings. The second-order valence-corrected chi connectivity index (χ2v) is 4.98. The maximum atomic E-state index is 13.3. The van der Waals surface area contributed by atoms with Gasteiger partial charge in [-0.05, 0) is 17.7 Å². The first-order valence-corrected chi connectivity index (χ1v) is 6.42. The van der Waals surface area contributed by atoms with Crippen molar-refractivity contribution in [3.05, 3.63) is 35.4 Å². The van der Waals surface area contributed by atoms with E-state index in [9.17, 15) is 18.7 Å². The van der Waals surface area contributed by atoms with Crippen LogP contribution in [0.2, 0.25) is 0 Å². The van der Waals surface area contributed by atoms with Gasteiger partial charge in [-0.15, -0.1) is 0 Å². The van der Waals surface area contributed by atoms with E-state index in [1.54, 1.807) is 7.11 Å². The van der Waals surface area contributed by atoms with Gasteiger partial charge >= 0.3 is 5.97 Å². The molecule has 0 saturated carbocycles. The number of carbonyl (C=O) groups is 1. The average molecular weight is 285 g/mol.